The number of hydrogen-bond acceptors (Lipinski definition) is 5. The first-order valence-electron chi connectivity index (χ1n) is 10.3. The van der Waals surface area contributed by atoms with Crippen LogP contribution in [0.2, 0.25) is 0 Å². The van der Waals surface area contributed by atoms with Crippen molar-refractivity contribution >= 4 is 28.4 Å². The fraction of sp³-hybridized carbons (Fsp3) is 0.318. The van der Waals surface area contributed by atoms with E-state index in [2.05, 4.69) is 4.98 Å². The Kier molecular flexibility index (Phi) is 6.15. The number of carboxylic acid groups (broad SMARTS) is 1. The van der Waals surface area contributed by atoms with Crippen molar-refractivity contribution in [2.75, 3.05) is 42.7 Å². The number of aryl methyl sites for hydroxylation is 1. The predicted octanol–water partition coefficient (Wildman–Crippen LogP) is 3.55. The molecule has 0 aliphatic carbocycles. The summed E-state index contributed by atoms with van der Waals surface area (Å²) in [6, 6.07) is 5.86. The maximum absolute atomic E-state index is 15.2. The van der Waals surface area contributed by atoms with Crippen LogP contribution in [0.15, 0.2) is 41.5 Å². The zero-order valence-electron chi connectivity index (χ0n) is 17.6. The van der Waals surface area contributed by atoms with Crippen LogP contribution < -0.4 is 15.2 Å². The quantitative estimate of drug-likeness (QED) is 0.561. The largest absolute Gasteiger partial charge is 0.477 e. The number of carbonyl (C=O) groups is 1. The zero-order chi connectivity index (χ0) is 24.6. The second-order valence-corrected chi connectivity index (χ2v) is 7.70. The SMILES string of the molecule is O=C(O)c1cn(CCF)c2c(C(F)(F)F)c(N3CCN(c4ccccn4)CC3)c(F)cc2c1=O. The second kappa shape index (κ2) is 8.92. The highest BCUT2D eigenvalue weighted by atomic mass is 19.4. The van der Waals surface area contributed by atoms with Gasteiger partial charge in [-0.3, -0.25) is 4.79 Å². The molecular weight excluding hydrogens is 463 g/mol. The molecule has 0 bridgehead atoms. The lowest BCUT2D eigenvalue weighted by Crippen LogP contribution is -2.47. The molecular formula is C22H19F5N4O3. The van der Waals surface area contributed by atoms with E-state index in [1.807, 2.05) is 4.90 Å². The molecule has 0 spiro atoms. The summed E-state index contributed by atoms with van der Waals surface area (Å²) in [7, 11) is 0. The minimum atomic E-state index is -5.11. The predicted molar refractivity (Wildman–Crippen MR) is 115 cm³/mol. The Bertz CT molecular complexity index is 1290. The van der Waals surface area contributed by atoms with Gasteiger partial charge in [0.2, 0.25) is 5.43 Å². The molecule has 1 aliphatic rings. The summed E-state index contributed by atoms with van der Waals surface area (Å²) in [6.07, 6.45) is -2.85. The molecule has 4 rings (SSSR count). The molecule has 1 fully saturated rings. The molecule has 1 aliphatic heterocycles. The molecule has 1 saturated heterocycles. The number of carboxylic acids is 1. The van der Waals surface area contributed by atoms with E-state index in [1.54, 1.807) is 24.4 Å². The first-order valence-corrected chi connectivity index (χ1v) is 10.3. The fourth-order valence-electron chi connectivity index (χ4n) is 4.22. The van der Waals surface area contributed by atoms with Gasteiger partial charge in [0.1, 0.15) is 29.4 Å². The average Bonchev–Trinajstić information content (AvgIpc) is 2.80. The van der Waals surface area contributed by atoms with Crippen LogP contribution in [0.4, 0.5) is 33.5 Å². The maximum Gasteiger partial charge on any atom is 0.420 e. The lowest BCUT2D eigenvalue weighted by molar-refractivity contribution is -0.136. The summed E-state index contributed by atoms with van der Waals surface area (Å²) in [5, 5.41) is 8.48. The van der Waals surface area contributed by atoms with E-state index in [1.165, 1.54) is 4.90 Å². The van der Waals surface area contributed by atoms with Crippen molar-refractivity contribution in [1.82, 2.24) is 9.55 Å². The van der Waals surface area contributed by atoms with Gasteiger partial charge in [-0.2, -0.15) is 13.2 Å². The minimum absolute atomic E-state index is 0.0304. The topological polar surface area (TPSA) is 78.7 Å². The van der Waals surface area contributed by atoms with Crippen molar-refractivity contribution in [2.45, 2.75) is 12.7 Å². The summed E-state index contributed by atoms with van der Waals surface area (Å²) >= 11 is 0. The average molecular weight is 482 g/mol. The van der Waals surface area contributed by atoms with Crippen LogP contribution in [0, 0.1) is 5.82 Å². The van der Waals surface area contributed by atoms with Gasteiger partial charge in [-0.05, 0) is 18.2 Å². The van der Waals surface area contributed by atoms with Gasteiger partial charge in [-0.1, -0.05) is 6.07 Å². The molecule has 2 aromatic heterocycles. The Balaban J connectivity index is 1.88. The first kappa shape index (κ1) is 23.5. The van der Waals surface area contributed by atoms with E-state index in [9.17, 15) is 32.3 Å². The summed E-state index contributed by atoms with van der Waals surface area (Å²) < 4.78 is 72.1. The van der Waals surface area contributed by atoms with E-state index in [-0.39, 0.29) is 26.2 Å². The van der Waals surface area contributed by atoms with Crippen LogP contribution >= 0.6 is 0 Å². The molecule has 0 atom stereocenters. The summed E-state index contributed by atoms with van der Waals surface area (Å²) in [4.78, 5) is 31.3. The molecule has 0 unspecified atom stereocenters. The standard InChI is InChI=1S/C22H19F5N4O3/c23-4-6-31-12-14(21(33)34)20(32)13-11-15(24)19(17(18(13)31)22(25,26)27)30-9-7-29(8-10-30)16-3-1-2-5-28-16/h1-3,5,11-12H,4,6-10H2,(H,33,34). The third-order valence-corrected chi connectivity index (χ3v) is 5.70. The molecule has 3 heterocycles. The number of piperazine rings is 1. The number of pyridine rings is 2. The van der Waals surface area contributed by atoms with Gasteiger partial charge < -0.3 is 19.5 Å². The second-order valence-electron chi connectivity index (χ2n) is 7.70. The Morgan fingerprint density at radius 3 is 2.35 bits per heavy atom. The van der Waals surface area contributed by atoms with Crippen molar-refractivity contribution in [3.05, 3.63) is 63.8 Å². The molecule has 34 heavy (non-hydrogen) atoms. The number of aromatic nitrogens is 2. The van der Waals surface area contributed by atoms with Crippen molar-refractivity contribution < 1.29 is 31.9 Å². The van der Waals surface area contributed by atoms with Gasteiger partial charge in [0.15, 0.2) is 0 Å². The lowest BCUT2D eigenvalue weighted by Gasteiger charge is -2.38. The van der Waals surface area contributed by atoms with Crippen LogP contribution in [-0.4, -0.2) is 53.5 Å². The Morgan fingerprint density at radius 2 is 1.79 bits per heavy atom. The van der Waals surface area contributed by atoms with Gasteiger partial charge >= 0.3 is 12.1 Å². The first-order chi connectivity index (χ1) is 16.1. The van der Waals surface area contributed by atoms with E-state index in [0.717, 1.165) is 4.57 Å². The number of rotatable bonds is 5. The molecule has 1 aromatic carbocycles. The van der Waals surface area contributed by atoms with E-state index in [0.29, 0.717) is 18.1 Å². The molecule has 12 heteroatoms. The van der Waals surface area contributed by atoms with Gasteiger partial charge in [-0.15, -0.1) is 0 Å². The highest BCUT2D eigenvalue weighted by Crippen LogP contribution is 2.43. The lowest BCUT2D eigenvalue weighted by atomic mass is 10.0. The minimum Gasteiger partial charge on any atom is -0.477 e. The fourth-order valence-corrected chi connectivity index (χ4v) is 4.22. The van der Waals surface area contributed by atoms with Crippen LogP contribution in [0.25, 0.3) is 10.9 Å². The van der Waals surface area contributed by atoms with Gasteiger partial charge in [0, 0.05) is 38.6 Å². The van der Waals surface area contributed by atoms with Gasteiger partial charge in [-0.25, -0.2) is 18.6 Å². The van der Waals surface area contributed by atoms with E-state index >= 15 is 4.39 Å². The Hall–Kier alpha value is -3.70. The molecule has 1 N–H and O–H groups in total. The van der Waals surface area contributed by atoms with Gasteiger partial charge in [0.25, 0.3) is 0 Å². The van der Waals surface area contributed by atoms with Crippen molar-refractivity contribution in [1.29, 1.82) is 0 Å². The Morgan fingerprint density at radius 1 is 1.12 bits per heavy atom. The molecule has 180 valence electrons. The summed E-state index contributed by atoms with van der Waals surface area (Å²) in [5.74, 6) is -2.38. The molecule has 3 aromatic rings. The number of aromatic carboxylic acids is 1. The zero-order valence-corrected chi connectivity index (χ0v) is 17.6. The Labute approximate surface area is 189 Å². The number of nitrogens with zero attached hydrogens (tertiary/aromatic N) is 4. The number of anilines is 2. The highest BCUT2D eigenvalue weighted by molar-refractivity contribution is 5.95. The molecule has 0 amide bonds. The number of alkyl halides is 4. The number of hydrogen-bond donors (Lipinski definition) is 1. The third kappa shape index (κ3) is 4.15. The van der Waals surface area contributed by atoms with Crippen molar-refractivity contribution in [2.24, 2.45) is 0 Å². The number of fused-ring (bicyclic) bond motifs is 1. The van der Waals surface area contributed by atoms with Crippen LogP contribution in [-0.2, 0) is 12.7 Å². The third-order valence-electron chi connectivity index (χ3n) is 5.70. The van der Waals surface area contributed by atoms with Crippen molar-refractivity contribution in [3.8, 4) is 0 Å². The molecule has 0 radical (unpaired) electrons. The molecule has 7 nitrogen and oxygen atoms in total. The normalized spacial score (nSPS) is 14.6. The summed E-state index contributed by atoms with van der Waals surface area (Å²) in [6.45, 7) is -1.17. The van der Waals surface area contributed by atoms with E-state index in [4.69, 9.17) is 0 Å². The van der Waals surface area contributed by atoms with Gasteiger partial charge in [0.05, 0.1) is 23.1 Å². The molecule has 0 saturated carbocycles. The summed E-state index contributed by atoms with van der Waals surface area (Å²) in [5.41, 5.74) is -5.07. The van der Waals surface area contributed by atoms with E-state index < -0.39 is 64.3 Å². The highest BCUT2D eigenvalue weighted by Gasteiger charge is 2.41. The van der Waals surface area contributed by atoms with Crippen LogP contribution in [0.1, 0.15) is 15.9 Å². The monoisotopic (exact) mass is 482 g/mol. The number of halogens is 5. The van der Waals surface area contributed by atoms with Crippen molar-refractivity contribution in [3.63, 3.8) is 0 Å². The number of benzene rings is 1. The van der Waals surface area contributed by atoms with Crippen LogP contribution in [0.3, 0.4) is 0 Å². The smallest absolute Gasteiger partial charge is 0.420 e. The van der Waals surface area contributed by atoms with Crippen LogP contribution in [0.5, 0.6) is 0 Å². The maximum atomic E-state index is 15.2.